The molecule has 0 atom stereocenters. The summed E-state index contributed by atoms with van der Waals surface area (Å²) in [4.78, 5) is 23.3. The van der Waals surface area contributed by atoms with E-state index in [4.69, 9.17) is 9.72 Å². The molecule has 0 saturated carbocycles. The molecule has 6 nitrogen and oxygen atoms in total. The highest BCUT2D eigenvalue weighted by Gasteiger charge is 2.20. The van der Waals surface area contributed by atoms with E-state index in [-0.39, 0.29) is 6.09 Å². The van der Waals surface area contributed by atoms with Crippen LogP contribution in [0, 0.1) is 0 Å². The van der Waals surface area contributed by atoms with Crippen LogP contribution in [0.5, 0.6) is 0 Å². The number of rotatable bonds is 4. The van der Waals surface area contributed by atoms with E-state index >= 15 is 0 Å². The van der Waals surface area contributed by atoms with Gasteiger partial charge >= 0.3 is 6.09 Å². The zero-order chi connectivity index (χ0) is 18.6. The van der Waals surface area contributed by atoms with Gasteiger partial charge in [0, 0.05) is 37.9 Å². The van der Waals surface area contributed by atoms with Crippen molar-refractivity contribution in [1.82, 2.24) is 20.2 Å². The number of amides is 1. The van der Waals surface area contributed by atoms with Gasteiger partial charge in [-0.15, -0.1) is 0 Å². The smallest absolute Gasteiger partial charge is 0.407 e. The minimum Gasteiger partial charge on any atom is -0.444 e. The summed E-state index contributed by atoms with van der Waals surface area (Å²) in [5.74, 6) is 0.762. The van der Waals surface area contributed by atoms with Gasteiger partial charge in [-0.25, -0.2) is 14.8 Å². The Bertz CT molecular complexity index is 756. The van der Waals surface area contributed by atoms with Crippen LogP contribution in [0.1, 0.15) is 32.0 Å². The third kappa shape index (κ3) is 5.02. The molecule has 0 radical (unpaired) electrons. The second-order valence-corrected chi connectivity index (χ2v) is 7.49. The molecular formula is C20H26N4O2. The number of carbonyl (C=O) groups is 1. The average molecular weight is 354 g/mol. The molecule has 3 rings (SSSR count). The van der Waals surface area contributed by atoms with E-state index in [9.17, 15) is 4.79 Å². The van der Waals surface area contributed by atoms with Crippen molar-refractivity contribution < 1.29 is 9.53 Å². The summed E-state index contributed by atoms with van der Waals surface area (Å²) in [6.07, 6.45) is 2.50. The van der Waals surface area contributed by atoms with Crippen molar-refractivity contribution in [2.24, 2.45) is 0 Å². The van der Waals surface area contributed by atoms with Gasteiger partial charge in [-0.1, -0.05) is 30.3 Å². The zero-order valence-electron chi connectivity index (χ0n) is 15.7. The molecule has 1 aliphatic heterocycles. The molecule has 138 valence electrons. The van der Waals surface area contributed by atoms with Crippen molar-refractivity contribution in [2.75, 3.05) is 19.6 Å². The Kier molecular flexibility index (Phi) is 5.52. The monoisotopic (exact) mass is 354 g/mol. The Hall–Kier alpha value is -2.47. The predicted octanol–water partition coefficient (Wildman–Crippen LogP) is 3.03. The lowest BCUT2D eigenvalue weighted by atomic mass is 10.1. The number of hydrogen-bond donors (Lipinski definition) is 1. The highest BCUT2D eigenvalue weighted by Crippen LogP contribution is 2.20. The number of aromatic nitrogens is 2. The average Bonchev–Trinajstić information content (AvgIpc) is 2.60. The minimum atomic E-state index is -0.473. The Morgan fingerprint density at radius 3 is 2.77 bits per heavy atom. The number of carbonyl (C=O) groups excluding carboxylic acids is 1. The maximum atomic E-state index is 11.7. The lowest BCUT2D eigenvalue weighted by molar-refractivity contribution is 0.0521. The Balaban J connectivity index is 1.56. The van der Waals surface area contributed by atoms with E-state index in [2.05, 4.69) is 15.2 Å². The van der Waals surface area contributed by atoms with Crippen LogP contribution in [0.2, 0.25) is 0 Å². The summed E-state index contributed by atoms with van der Waals surface area (Å²) in [7, 11) is 0. The summed E-state index contributed by atoms with van der Waals surface area (Å²) in [5, 5.41) is 2.81. The highest BCUT2D eigenvalue weighted by molar-refractivity contribution is 5.67. The quantitative estimate of drug-likeness (QED) is 0.914. The normalized spacial score (nSPS) is 14.6. The number of ether oxygens (including phenoxy) is 1. The van der Waals surface area contributed by atoms with Gasteiger partial charge < -0.3 is 10.1 Å². The van der Waals surface area contributed by atoms with Gasteiger partial charge in [0.15, 0.2) is 5.82 Å². The maximum absolute atomic E-state index is 11.7. The third-order valence-electron chi connectivity index (χ3n) is 4.15. The first-order valence-electron chi connectivity index (χ1n) is 9.00. The van der Waals surface area contributed by atoms with Crippen molar-refractivity contribution >= 4 is 6.09 Å². The molecule has 6 heteroatoms. The van der Waals surface area contributed by atoms with Crippen LogP contribution in [0.15, 0.2) is 36.5 Å². The van der Waals surface area contributed by atoms with Crippen LogP contribution in [0.4, 0.5) is 4.79 Å². The first-order valence-corrected chi connectivity index (χ1v) is 9.00. The van der Waals surface area contributed by atoms with Gasteiger partial charge in [0.25, 0.3) is 0 Å². The first-order chi connectivity index (χ1) is 12.4. The van der Waals surface area contributed by atoms with Gasteiger partial charge in [0.2, 0.25) is 0 Å². The lowest BCUT2D eigenvalue weighted by Gasteiger charge is -2.28. The molecule has 0 fully saturated rings. The molecule has 1 aromatic carbocycles. The second kappa shape index (κ2) is 7.83. The van der Waals surface area contributed by atoms with Gasteiger partial charge in [-0.2, -0.15) is 0 Å². The van der Waals surface area contributed by atoms with E-state index in [0.717, 1.165) is 43.1 Å². The number of nitrogens with one attached hydrogen (secondary N) is 1. The van der Waals surface area contributed by atoms with E-state index in [1.54, 1.807) is 0 Å². The molecule has 2 heterocycles. The van der Waals surface area contributed by atoms with Gasteiger partial charge in [0.05, 0.1) is 5.69 Å². The zero-order valence-corrected chi connectivity index (χ0v) is 15.7. The number of nitrogens with zero attached hydrogens (tertiary/aromatic N) is 3. The Labute approximate surface area is 154 Å². The van der Waals surface area contributed by atoms with Crippen molar-refractivity contribution in [3.63, 3.8) is 0 Å². The molecule has 0 unspecified atom stereocenters. The number of fused-ring (bicyclic) bond motifs is 1. The molecule has 1 aliphatic rings. The van der Waals surface area contributed by atoms with E-state index in [1.165, 1.54) is 5.56 Å². The Morgan fingerprint density at radius 2 is 2.04 bits per heavy atom. The summed E-state index contributed by atoms with van der Waals surface area (Å²) in [6.45, 7) is 8.61. The number of hydrogen-bond acceptors (Lipinski definition) is 5. The fourth-order valence-electron chi connectivity index (χ4n) is 2.90. The summed E-state index contributed by atoms with van der Waals surface area (Å²) >= 11 is 0. The molecular weight excluding hydrogens is 328 g/mol. The van der Waals surface area contributed by atoms with Gasteiger partial charge in [0.1, 0.15) is 5.60 Å². The topological polar surface area (TPSA) is 67.3 Å². The summed E-state index contributed by atoms with van der Waals surface area (Å²) < 4.78 is 5.26. The number of alkyl carbamates (subject to hydrolysis) is 1. The van der Waals surface area contributed by atoms with E-state index in [1.807, 2.05) is 57.3 Å². The van der Waals surface area contributed by atoms with E-state index in [0.29, 0.717) is 6.54 Å². The van der Waals surface area contributed by atoms with E-state index < -0.39 is 5.60 Å². The summed E-state index contributed by atoms with van der Waals surface area (Å²) in [6, 6.07) is 10.0. The van der Waals surface area contributed by atoms with Gasteiger partial charge in [-0.3, -0.25) is 4.90 Å². The molecule has 1 N–H and O–H groups in total. The SMILES string of the molecule is CC(C)(C)OC(=O)NCCN1CCc2cnc(-c3ccccc3)nc2C1. The second-order valence-electron chi connectivity index (χ2n) is 7.49. The largest absolute Gasteiger partial charge is 0.444 e. The van der Waals surface area contributed by atoms with Crippen LogP contribution in [0.3, 0.4) is 0 Å². The third-order valence-corrected chi connectivity index (χ3v) is 4.15. The molecule has 26 heavy (non-hydrogen) atoms. The van der Waals surface area contributed by atoms with Crippen LogP contribution >= 0.6 is 0 Å². The van der Waals surface area contributed by atoms with Crippen molar-refractivity contribution in [2.45, 2.75) is 39.3 Å². The maximum Gasteiger partial charge on any atom is 0.407 e. The highest BCUT2D eigenvalue weighted by atomic mass is 16.6. The van der Waals surface area contributed by atoms with Gasteiger partial charge in [-0.05, 0) is 32.8 Å². The van der Waals surface area contributed by atoms with Crippen molar-refractivity contribution in [3.8, 4) is 11.4 Å². The van der Waals surface area contributed by atoms with Crippen LogP contribution < -0.4 is 5.32 Å². The van der Waals surface area contributed by atoms with Crippen molar-refractivity contribution in [3.05, 3.63) is 47.8 Å². The minimum absolute atomic E-state index is 0.372. The predicted molar refractivity (Wildman–Crippen MR) is 101 cm³/mol. The fraction of sp³-hybridized carbons (Fsp3) is 0.450. The molecule has 2 aromatic rings. The van der Waals surface area contributed by atoms with Crippen LogP contribution in [-0.2, 0) is 17.7 Å². The molecule has 0 bridgehead atoms. The standard InChI is InChI=1S/C20H26N4O2/c1-20(2,3)26-19(25)21-10-12-24-11-9-16-13-22-18(23-17(16)14-24)15-7-5-4-6-8-15/h4-8,13H,9-12,14H2,1-3H3,(H,21,25). The van der Waals surface area contributed by atoms with Crippen molar-refractivity contribution in [1.29, 1.82) is 0 Å². The Morgan fingerprint density at radius 1 is 1.27 bits per heavy atom. The molecule has 0 aliphatic carbocycles. The summed E-state index contributed by atoms with van der Waals surface area (Å²) in [5.41, 5.74) is 2.83. The van der Waals surface area contributed by atoms with Crippen LogP contribution in [0.25, 0.3) is 11.4 Å². The molecule has 1 amide bonds. The number of benzene rings is 1. The molecule has 0 spiro atoms. The first kappa shape index (κ1) is 18.3. The fourth-order valence-corrected chi connectivity index (χ4v) is 2.90. The lowest BCUT2D eigenvalue weighted by Crippen LogP contribution is -2.40. The molecule has 1 aromatic heterocycles. The molecule has 0 saturated heterocycles. The van der Waals surface area contributed by atoms with Crippen LogP contribution in [-0.4, -0.2) is 46.2 Å².